The smallest absolute Gasteiger partial charge is 0.256 e. The van der Waals surface area contributed by atoms with Crippen LogP contribution in [0.1, 0.15) is 22.3 Å². The number of aryl methyl sites for hydroxylation is 1. The molecule has 0 aromatic carbocycles. The Bertz CT molecular complexity index is 548. The lowest BCUT2D eigenvalue weighted by atomic mass is 9.97. The maximum Gasteiger partial charge on any atom is 0.256 e. The number of aromatic amines is 1. The van der Waals surface area contributed by atoms with Crippen molar-refractivity contribution in [2.24, 2.45) is 0 Å². The molecule has 1 aromatic heterocycles. The van der Waals surface area contributed by atoms with Crippen LogP contribution in [-0.2, 0) is 0 Å². The van der Waals surface area contributed by atoms with Crippen molar-refractivity contribution in [2.75, 3.05) is 32.1 Å². The highest BCUT2D eigenvalue weighted by Crippen LogP contribution is 2.31. The number of likely N-dealkylation sites (N-methyl/N-ethyl adjacent to an activating group) is 1. The van der Waals surface area contributed by atoms with Crippen molar-refractivity contribution in [3.63, 3.8) is 0 Å². The molecule has 1 aliphatic heterocycles. The first kappa shape index (κ1) is 15.1. The molecule has 5 nitrogen and oxygen atoms in total. The van der Waals surface area contributed by atoms with Crippen LogP contribution in [0.4, 0.5) is 0 Å². The van der Waals surface area contributed by atoms with Gasteiger partial charge in [0.25, 0.3) is 5.91 Å². The van der Waals surface area contributed by atoms with Crippen LogP contribution in [0.2, 0.25) is 0 Å². The number of carbonyl (C=O) groups is 1. The third-order valence-corrected chi connectivity index (χ3v) is 5.22. The van der Waals surface area contributed by atoms with E-state index in [4.69, 9.17) is 0 Å². The minimum atomic E-state index is -0.298. The maximum atomic E-state index is 12.2. The fourth-order valence-corrected chi connectivity index (χ4v) is 3.90. The van der Waals surface area contributed by atoms with E-state index in [-0.39, 0.29) is 22.4 Å². The molecule has 110 valence electrons. The number of hydrogen-bond acceptors (Lipinski definition) is 4. The lowest BCUT2D eigenvalue weighted by Crippen LogP contribution is -2.53. The number of rotatable bonds is 4. The van der Waals surface area contributed by atoms with E-state index in [1.165, 1.54) is 6.20 Å². The minimum absolute atomic E-state index is 0.00306. The summed E-state index contributed by atoms with van der Waals surface area (Å²) >= 11 is 1.90. The Morgan fingerprint density at radius 3 is 2.85 bits per heavy atom. The van der Waals surface area contributed by atoms with Gasteiger partial charge in [-0.3, -0.25) is 9.59 Å². The van der Waals surface area contributed by atoms with Crippen LogP contribution in [0.3, 0.4) is 0 Å². The van der Waals surface area contributed by atoms with Crippen molar-refractivity contribution < 1.29 is 4.79 Å². The number of aromatic nitrogens is 1. The first-order valence-electron chi connectivity index (χ1n) is 6.67. The van der Waals surface area contributed by atoms with Crippen LogP contribution in [0, 0.1) is 6.92 Å². The number of nitrogens with zero attached hydrogens (tertiary/aromatic N) is 1. The van der Waals surface area contributed by atoms with Gasteiger partial charge in [-0.25, -0.2) is 0 Å². The number of hydrogen-bond donors (Lipinski definition) is 2. The summed E-state index contributed by atoms with van der Waals surface area (Å²) in [6.45, 7) is 2.27. The third-order valence-electron chi connectivity index (χ3n) is 3.98. The second kappa shape index (κ2) is 6.01. The standard InChI is InChI=1S/C14H21N3O2S/c1-10-6-15-7-11(12(10)18)13(19)16-8-14(17(2)3)4-5-20-9-14/h6-7H,4-5,8-9H2,1-3H3,(H,15,18)(H,16,19). The number of carbonyl (C=O) groups excluding carboxylic acids is 1. The number of amides is 1. The largest absolute Gasteiger partial charge is 0.366 e. The molecule has 0 bridgehead atoms. The fraction of sp³-hybridized carbons (Fsp3) is 0.571. The van der Waals surface area contributed by atoms with Crippen molar-refractivity contribution in [1.82, 2.24) is 15.2 Å². The molecule has 1 unspecified atom stereocenters. The van der Waals surface area contributed by atoms with Gasteiger partial charge in [-0.1, -0.05) is 0 Å². The molecule has 1 saturated heterocycles. The summed E-state index contributed by atoms with van der Waals surface area (Å²) in [6, 6.07) is 0. The molecule has 20 heavy (non-hydrogen) atoms. The predicted octanol–water partition coefficient (Wildman–Crippen LogP) is 0.850. The van der Waals surface area contributed by atoms with Gasteiger partial charge >= 0.3 is 0 Å². The summed E-state index contributed by atoms with van der Waals surface area (Å²) in [5, 5.41) is 2.92. The number of H-pyrrole nitrogens is 1. The average Bonchev–Trinajstić information content (AvgIpc) is 2.89. The summed E-state index contributed by atoms with van der Waals surface area (Å²) < 4.78 is 0. The highest BCUT2D eigenvalue weighted by Gasteiger charge is 2.36. The van der Waals surface area contributed by atoms with Crippen molar-refractivity contribution in [1.29, 1.82) is 0 Å². The van der Waals surface area contributed by atoms with Gasteiger partial charge in [0.05, 0.1) is 0 Å². The lowest BCUT2D eigenvalue weighted by Gasteiger charge is -2.35. The van der Waals surface area contributed by atoms with Crippen LogP contribution >= 0.6 is 11.8 Å². The molecule has 1 amide bonds. The van der Waals surface area contributed by atoms with E-state index >= 15 is 0 Å². The lowest BCUT2D eigenvalue weighted by molar-refractivity contribution is 0.0912. The number of pyridine rings is 1. The van der Waals surface area contributed by atoms with Gasteiger partial charge in [0.15, 0.2) is 5.43 Å². The van der Waals surface area contributed by atoms with E-state index in [1.54, 1.807) is 13.1 Å². The molecule has 0 saturated carbocycles. The summed E-state index contributed by atoms with van der Waals surface area (Å²) in [4.78, 5) is 29.1. The molecule has 2 rings (SSSR count). The second-order valence-corrected chi connectivity index (χ2v) is 6.59. The topological polar surface area (TPSA) is 65.2 Å². The SMILES string of the molecule is Cc1c[nH]cc(C(=O)NCC2(N(C)C)CCSC2)c1=O. The molecule has 1 fully saturated rings. The molecule has 0 spiro atoms. The molecule has 1 aromatic rings. The van der Waals surface area contributed by atoms with Crippen LogP contribution in [0.15, 0.2) is 17.2 Å². The van der Waals surface area contributed by atoms with E-state index in [0.29, 0.717) is 12.1 Å². The van der Waals surface area contributed by atoms with Crippen LogP contribution in [0.25, 0.3) is 0 Å². The highest BCUT2D eigenvalue weighted by molar-refractivity contribution is 7.99. The Hall–Kier alpha value is -1.27. The van der Waals surface area contributed by atoms with Crippen molar-refractivity contribution in [3.05, 3.63) is 33.7 Å². The van der Waals surface area contributed by atoms with Crippen molar-refractivity contribution >= 4 is 17.7 Å². The molecule has 0 aliphatic carbocycles. The Labute approximate surface area is 123 Å². The Morgan fingerprint density at radius 1 is 1.50 bits per heavy atom. The van der Waals surface area contributed by atoms with Gasteiger partial charge in [-0.15, -0.1) is 0 Å². The summed E-state index contributed by atoms with van der Waals surface area (Å²) in [7, 11) is 4.08. The van der Waals surface area contributed by atoms with Gasteiger partial charge in [0.2, 0.25) is 0 Å². The monoisotopic (exact) mass is 295 g/mol. The molecule has 1 aliphatic rings. The molecule has 2 heterocycles. The number of thioether (sulfide) groups is 1. The van der Waals surface area contributed by atoms with E-state index in [2.05, 4.69) is 15.2 Å². The molecule has 2 N–H and O–H groups in total. The number of nitrogens with one attached hydrogen (secondary N) is 2. The normalized spacial score (nSPS) is 22.2. The average molecular weight is 295 g/mol. The molecule has 1 atom stereocenters. The van der Waals surface area contributed by atoms with Crippen LogP contribution in [0.5, 0.6) is 0 Å². The molecular formula is C14H21N3O2S. The van der Waals surface area contributed by atoms with Crippen LogP contribution in [-0.4, -0.2) is 53.5 Å². The van der Waals surface area contributed by atoms with Gasteiger partial charge in [0, 0.05) is 35.8 Å². The summed E-state index contributed by atoms with van der Waals surface area (Å²) in [6.07, 6.45) is 4.12. The minimum Gasteiger partial charge on any atom is -0.366 e. The van der Waals surface area contributed by atoms with Crippen LogP contribution < -0.4 is 10.7 Å². The Balaban J connectivity index is 2.09. The van der Waals surface area contributed by atoms with E-state index in [0.717, 1.165) is 17.9 Å². The Kier molecular flexibility index (Phi) is 4.55. The highest BCUT2D eigenvalue weighted by atomic mass is 32.2. The van der Waals surface area contributed by atoms with E-state index in [1.807, 2.05) is 25.9 Å². The predicted molar refractivity (Wildman–Crippen MR) is 82.5 cm³/mol. The van der Waals surface area contributed by atoms with Gasteiger partial charge in [-0.2, -0.15) is 11.8 Å². The fourth-order valence-electron chi connectivity index (χ4n) is 2.35. The van der Waals surface area contributed by atoms with Gasteiger partial charge in [0.1, 0.15) is 5.56 Å². The summed E-state index contributed by atoms with van der Waals surface area (Å²) in [5.74, 6) is 1.82. The first-order chi connectivity index (χ1) is 9.46. The van der Waals surface area contributed by atoms with Gasteiger partial charge in [-0.05, 0) is 33.2 Å². The first-order valence-corrected chi connectivity index (χ1v) is 7.83. The van der Waals surface area contributed by atoms with Crippen molar-refractivity contribution in [3.8, 4) is 0 Å². The quantitative estimate of drug-likeness (QED) is 0.864. The molecule has 0 radical (unpaired) electrons. The molecule has 6 heteroatoms. The van der Waals surface area contributed by atoms with E-state index < -0.39 is 0 Å². The zero-order chi connectivity index (χ0) is 14.8. The Morgan fingerprint density at radius 2 is 2.25 bits per heavy atom. The zero-order valence-corrected chi connectivity index (χ0v) is 13.0. The zero-order valence-electron chi connectivity index (χ0n) is 12.2. The maximum absolute atomic E-state index is 12.2. The van der Waals surface area contributed by atoms with Crippen molar-refractivity contribution in [2.45, 2.75) is 18.9 Å². The molecular weight excluding hydrogens is 274 g/mol. The summed E-state index contributed by atoms with van der Waals surface area (Å²) in [5.41, 5.74) is 0.526. The van der Waals surface area contributed by atoms with E-state index in [9.17, 15) is 9.59 Å². The second-order valence-electron chi connectivity index (χ2n) is 5.49. The third kappa shape index (κ3) is 2.91. The van der Waals surface area contributed by atoms with Gasteiger partial charge < -0.3 is 15.2 Å².